The van der Waals surface area contributed by atoms with E-state index in [1.165, 1.54) is 13.1 Å². The molecule has 0 N–H and O–H groups in total. The van der Waals surface area contributed by atoms with Gasteiger partial charge in [-0.15, -0.1) is 0 Å². The lowest BCUT2D eigenvalue weighted by molar-refractivity contribution is 0.101. The van der Waals surface area contributed by atoms with Crippen LogP contribution in [0.15, 0.2) is 12.4 Å². The van der Waals surface area contributed by atoms with E-state index in [2.05, 4.69) is 14.9 Å². The lowest BCUT2D eigenvalue weighted by Crippen LogP contribution is -2.36. The predicted octanol–water partition coefficient (Wildman–Crippen LogP) is 0.516. The maximum absolute atomic E-state index is 11.0. The lowest BCUT2D eigenvalue weighted by atomic mass is 10.3. The standard InChI is InChI=1S/C10H13N3O2/c1-8(14)9-6-12-10(7-11-9)13-2-4-15-5-3-13/h6-7H,2-5H2,1H3. The summed E-state index contributed by atoms with van der Waals surface area (Å²) in [4.78, 5) is 21.4. The van der Waals surface area contributed by atoms with Gasteiger partial charge in [-0.2, -0.15) is 0 Å². The number of ether oxygens (including phenoxy) is 1. The van der Waals surface area contributed by atoms with Crippen LogP contribution in [0.4, 0.5) is 5.82 Å². The Bertz CT molecular complexity index is 344. The number of hydrogen-bond donors (Lipinski definition) is 0. The predicted molar refractivity (Wildman–Crippen MR) is 55.1 cm³/mol. The van der Waals surface area contributed by atoms with Gasteiger partial charge in [-0.25, -0.2) is 9.97 Å². The maximum atomic E-state index is 11.0. The third kappa shape index (κ3) is 2.30. The molecule has 0 saturated carbocycles. The molecule has 0 amide bonds. The van der Waals surface area contributed by atoms with Crippen molar-refractivity contribution >= 4 is 11.6 Å². The molecule has 0 aromatic carbocycles. The number of anilines is 1. The second-order valence-corrected chi connectivity index (χ2v) is 3.42. The van der Waals surface area contributed by atoms with Crippen LogP contribution in [-0.4, -0.2) is 42.1 Å². The average Bonchev–Trinajstić information content (AvgIpc) is 2.30. The van der Waals surface area contributed by atoms with Crippen molar-refractivity contribution < 1.29 is 9.53 Å². The van der Waals surface area contributed by atoms with Crippen molar-refractivity contribution in [1.29, 1.82) is 0 Å². The van der Waals surface area contributed by atoms with Crippen molar-refractivity contribution in [2.45, 2.75) is 6.92 Å². The third-order valence-electron chi connectivity index (χ3n) is 2.33. The molecule has 2 rings (SSSR count). The summed E-state index contributed by atoms with van der Waals surface area (Å²) in [5.74, 6) is 0.749. The Kier molecular flexibility index (Phi) is 2.91. The van der Waals surface area contributed by atoms with Crippen LogP contribution in [0.25, 0.3) is 0 Å². The molecule has 1 aromatic rings. The Hall–Kier alpha value is -1.49. The third-order valence-corrected chi connectivity index (χ3v) is 2.33. The first-order chi connectivity index (χ1) is 7.27. The second kappa shape index (κ2) is 4.35. The highest BCUT2D eigenvalue weighted by Crippen LogP contribution is 2.10. The van der Waals surface area contributed by atoms with Crippen molar-refractivity contribution in [2.75, 3.05) is 31.2 Å². The minimum atomic E-state index is -0.0592. The van der Waals surface area contributed by atoms with Crippen LogP contribution in [0.1, 0.15) is 17.4 Å². The molecule has 0 bridgehead atoms. The van der Waals surface area contributed by atoms with Crippen LogP contribution < -0.4 is 4.90 Å². The largest absolute Gasteiger partial charge is 0.378 e. The first-order valence-electron chi connectivity index (χ1n) is 4.93. The lowest BCUT2D eigenvalue weighted by Gasteiger charge is -2.27. The molecule has 5 nitrogen and oxygen atoms in total. The summed E-state index contributed by atoms with van der Waals surface area (Å²) in [6.07, 6.45) is 3.16. The van der Waals surface area contributed by atoms with Crippen molar-refractivity contribution in [3.63, 3.8) is 0 Å². The van der Waals surface area contributed by atoms with E-state index in [4.69, 9.17) is 4.74 Å². The normalized spacial score (nSPS) is 16.5. The first kappa shape index (κ1) is 10.0. The highest BCUT2D eigenvalue weighted by molar-refractivity contribution is 5.91. The van der Waals surface area contributed by atoms with Gasteiger partial charge in [0.25, 0.3) is 0 Å². The first-order valence-corrected chi connectivity index (χ1v) is 4.93. The molecule has 0 spiro atoms. The molecular weight excluding hydrogens is 194 g/mol. The topological polar surface area (TPSA) is 55.3 Å². The summed E-state index contributed by atoms with van der Waals surface area (Å²) in [5.41, 5.74) is 0.409. The van der Waals surface area contributed by atoms with Crippen LogP contribution in [-0.2, 0) is 4.74 Å². The highest BCUT2D eigenvalue weighted by atomic mass is 16.5. The van der Waals surface area contributed by atoms with Crippen molar-refractivity contribution in [1.82, 2.24) is 9.97 Å². The summed E-state index contributed by atoms with van der Waals surface area (Å²) in [7, 11) is 0. The van der Waals surface area contributed by atoms with Crippen LogP contribution in [0, 0.1) is 0 Å². The van der Waals surface area contributed by atoms with Gasteiger partial charge < -0.3 is 9.64 Å². The van der Waals surface area contributed by atoms with Gasteiger partial charge >= 0.3 is 0 Å². The van der Waals surface area contributed by atoms with Crippen molar-refractivity contribution in [3.05, 3.63) is 18.1 Å². The van der Waals surface area contributed by atoms with Crippen LogP contribution in [0.3, 0.4) is 0 Å². The van der Waals surface area contributed by atoms with Crippen molar-refractivity contribution in [2.24, 2.45) is 0 Å². The van der Waals surface area contributed by atoms with E-state index in [0.717, 1.165) is 32.1 Å². The quantitative estimate of drug-likeness (QED) is 0.661. The minimum Gasteiger partial charge on any atom is -0.378 e. The molecule has 0 unspecified atom stereocenters. The van der Waals surface area contributed by atoms with Gasteiger partial charge in [-0.1, -0.05) is 0 Å². The van der Waals surface area contributed by atoms with Crippen LogP contribution in [0.5, 0.6) is 0 Å². The van der Waals surface area contributed by atoms with E-state index in [1.807, 2.05) is 0 Å². The number of aromatic nitrogens is 2. The Morgan fingerprint density at radius 3 is 2.60 bits per heavy atom. The molecule has 80 valence electrons. The SMILES string of the molecule is CC(=O)c1cnc(N2CCOCC2)cn1. The number of hydrogen-bond acceptors (Lipinski definition) is 5. The molecule has 0 atom stereocenters. The van der Waals surface area contributed by atoms with E-state index >= 15 is 0 Å². The van der Waals surface area contributed by atoms with Gasteiger partial charge in [-0.3, -0.25) is 4.79 Å². The molecule has 0 aliphatic carbocycles. The summed E-state index contributed by atoms with van der Waals surface area (Å²) in [6.45, 7) is 4.58. The average molecular weight is 207 g/mol. The molecule has 2 heterocycles. The number of Topliss-reactive ketones (excluding diaryl/α,β-unsaturated/α-hetero) is 1. The fourth-order valence-corrected chi connectivity index (χ4v) is 1.46. The zero-order chi connectivity index (χ0) is 10.7. The molecule has 1 aliphatic rings. The zero-order valence-corrected chi connectivity index (χ0v) is 8.64. The molecule has 1 fully saturated rings. The van der Waals surface area contributed by atoms with E-state index in [9.17, 15) is 4.79 Å². The fraction of sp³-hybridized carbons (Fsp3) is 0.500. The number of ketones is 1. The van der Waals surface area contributed by atoms with Gasteiger partial charge in [0.05, 0.1) is 25.6 Å². The van der Waals surface area contributed by atoms with Gasteiger partial charge in [0.1, 0.15) is 11.5 Å². The van der Waals surface area contributed by atoms with Gasteiger partial charge in [0.2, 0.25) is 0 Å². The molecule has 1 aliphatic heterocycles. The van der Waals surface area contributed by atoms with Crippen LogP contribution in [0.2, 0.25) is 0 Å². The smallest absolute Gasteiger partial charge is 0.179 e. The fourth-order valence-electron chi connectivity index (χ4n) is 1.46. The summed E-state index contributed by atoms with van der Waals surface area (Å²) in [6, 6.07) is 0. The monoisotopic (exact) mass is 207 g/mol. The Balaban J connectivity index is 2.11. The van der Waals surface area contributed by atoms with E-state index in [0.29, 0.717) is 5.69 Å². The number of rotatable bonds is 2. The Labute approximate surface area is 88.1 Å². The number of carbonyl (C=O) groups excluding carboxylic acids is 1. The Morgan fingerprint density at radius 2 is 2.07 bits per heavy atom. The van der Waals surface area contributed by atoms with Gasteiger partial charge in [0.15, 0.2) is 5.78 Å². The van der Waals surface area contributed by atoms with E-state index in [-0.39, 0.29) is 5.78 Å². The van der Waals surface area contributed by atoms with Gasteiger partial charge in [0, 0.05) is 20.0 Å². The summed E-state index contributed by atoms with van der Waals surface area (Å²) < 4.78 is 5.24. The van der Waals surface area contributed by atoms with E-state index in [1.54, 1.807) is 6.20 Å². The minimum absolute atomic E-state index is 0.0592. The highest BCUT2D eigenvalue weighted by Gasteiger charge is 2.12. The van der Waals surface area contributed by atoms with E-state index < -0.39 is 0 Å². The zero-order valence-electron chi connectivity index (χ0n) is 8.64. The number of morpholine rings is 1. The molecule has 5 heteroatoms. The summed E-state index contributed by atoms with van der Waals surface area (Å²) >= 11 is 0. The molecular formula is C10H13N3O2. The number of nitrogens with zero attached hydrogens (tertiary/aromatic N) is 3. The van der Waals surface area contributed by atoms with Gasteiger partial charge in [-0.05, 0) is 0 Å². The maximum Gasteiger partial charge on any atom is 0.179 e. The number of carbonyl (C=O) groups is 1. The van der Waals surface area contributed by atoms with Crippen LogP contribution >= 0.6 is 0 Å². The van der Waals surface area contributed by atoms with Crippen molar-refractivity contribution in [3.8, 4) is 0 Å². The Morgan fingerprint density at radius 1 is 1.33 bits per heavy atom. The molecule has 15 heavy (non-hydrogen) atoms. The molecule has 1 saturated heterocycles. The molecule has 0 radical (unpaired) electrons. The summed E-state index contributed by atoms with van der Waals surface area (Å²) in [5, 5.41) is 0. The molecule has 1 aromatic heterocycles. The second-order valence-electron chi connectivity index (χ2n) is 3.42.